The largest absolute Gasteiger partial charge is 0.459 e. The molecule has 0 radical (unpaired) electrons. The van der Waals surface area contributed by atoms with Crippen molar-refractivity contribution in [3.8, 4) is 0 Å². The van der Waals surface area contributed by atoms with E-state index in [4.69, 9.17) is 16.0 Å². The highest BCUT2D eigenvalue weighted by atomic mass is 35.5. The third-order valence-corrected chi connectivity index (χ3v) is 7.40. The molecule has 2 aromatic carbocycles. The number of carbonyl (C=O) groups excluding carboxylic acids is 2. The molecule has 0 saturated carbocycles. The molecule has 0 spiro atoms. The van der Waals surface area contributed by atoms with Crippen molar-refractivity contribution in [1.29, 1.82) is 0 Å². The van der Waals surface area contributed by atoms with Gasteiger partial charge < -0.3 is 14.2 Å². The molecule has 10 heteroatoms. The van der Waals surface area contributed by atoms with Crippen LogP contribution >= 0.6 is 11.6 Å². The lowest BCUT2D eigenvalue weighted by atomic mass is 10.1. The fourth-order valence-electron chi connectivity index (χ4n) is 3.64. The van der Waals surface area contributed by atoms with E-state index in [2.05, 4.69) is 0 Å². The highest BCUT2D eigenvalue weighted by Gasteiger charge is 2.30. The molecule has 2 heterocycles. The van der Waals surface area contributed by atoms with Crippen LogP contribution in [0.4, 0.5) is 4.39 Å². The van der Waals surface area contributed by atoms with Gasteiger partial charge in [0, 0.05) is 31.7 Å². The van der Waals surface area contributed by atoms with Crippen molar-refractivity contribution >= 4 is 33.3 Å². The van der Waals surface area contributed by atoms with Gasteiger partial charge in [-0.25, -0.2) is 12.8 Å². The van der Waals surface area contributed by atoms with Crippen LogP contribution in [0, 0.1) is 5.82 Å². The Morgan fingerprint density at radius 2 is 1.58 bits per heavy atom. The minimum atomic E-state index is -3.65. The number of hydrogen-bond acceptors (Lipinski definition) is 5. The summed E-state index contributed by atoms with van der Waals surface area (Å²) in [6.07, 6.45) is 1.29. The summed E-state index contributed by atoms with van der Waals surface area (Å²) in [5.74, 6) is -1.72. The summed E-state index contributed by atoms with van der Waals surface area (Å²) in [5, 5.41) is 0.0263. The fourth-order valence-corrected chi connectivity index (χ4v) is 5.27. The summed E-state index contributed by atoms with van der Waals surface area (Å²) < 4.78 is 44.0. The Balaban J connectivity index is 1.43. The van der Waals surface area contributed by atoms with Gasteiger partial charge >= 0.3 is 0 Å². The highest BCUT2D eigenvalue weighted by molar-refractivity contribution is 7.90. The summed E-state index contributed by atoms with van der Waals surface area (Å²) in [5.41, 5.74) is 0.470. The Morgan fingerprint density at radius 3 is 2.21 bits per heavy atom. The Labute approximate surface area is 195 Å². The number of hydrogen-bond donors (Lipinski definition) is 0. The van der Waals surface area contributed by atoms with Crippen LogP contribution in [0.15, 0.2) is 70.2 Å². The number of benzene rings is 2. The van der Waals surface area contributed by atoms with Gasteiger partial charge in [-0.1, -0.05) is 29.8 Å². The van der Waals surface area contributed by atoms with Crippen molar-refractivity contribution in [1.82, 2.24) is 9.80 Å². The zero-order valence-electron chi connectivity index (χ0n) is 17.4. The molecular formula is C23H20ClFN2O5S. The molecule has 4 rings (SSSR count). The second kappa shape index (κ2) is 9.36. The molecule has 1 aliphatic heterocycles. The molecule has 0 bridgehead atoms. The van der Waals surface area contributed by atoms with E-state index in [1.54, 1.807) is 18.2 Å². The summed E-state index contributed by atoms with van der Waals surface area (Å²) >= 11 is 5.99. The van der Waals surface area contributed by atoms with E-state index in [1.807, 2.05) is 0 Å². The van der Waals surface area contributed by atoms with Crippen LogP contribution in [0.5, 0.6) is 0 Å². The van der Waals surface area contributed by atoms with E-state index < -0.39 is 21.6 Å². The summed E-state index contributed by atoms with van der Waals surface area (Å²) in [7, 11) is -3.65. The van der Waals surface area contributed by atoms with E-state index in [9.17, 15) is 22.4 Å². The van der Waals surface area contributed by atoms with Crippen LogP contribution in [0.25, 0.3) is 0 Å². The number of furan rings is 1. The smallest absolute Gasteiger partial charge is 0.289 e. The Bertz CT molecular complexity index is 1290. The van der Waals surface area contributed by atoms with E-state index in [0.29, 0.717) is 0 Å². The van der Waals surface area contributed by atoms with Crippen molar-refractivity contribution in [2.45, 2.75) is 10.6 Å². The lowest BCUT2D eigenvalue weighted by Gasteiger charge is -2.34. The molecule has 0 atom stereocenters. The minimum absolute atomic E-state index is 0.0263. The van der Waals surface area contributed by atoms with Crippen LogP contribution < -0.4 is 0 Å². The first-order valence-electron chi connectivity index (χ1n) is 10.1. The van der Waals surface area contributed by atoms with Crippen molar-refractivity contribution in [3.05, 3.63) is 88.6 Å². The molecule has 0 N–H and O–H groups in total. The number of amides is 2. The fraction of sp³-hybridized carbons (Fsp3) is 0.217. The van der Waals surface area contributed by atoms with Crippen LogP contribution in [0.3, 0.4) is 0 Å². The summed E-state index contributed by atoms with van der Waals surface area (Å²) in [6, 6.07) is 13.0. The predicted octanol–water partition coefficient (Wildman–Crippen LogP) is 3.64. The first kappa shape index (κ1) is 23.0. The van der Waals surface area contributed by atoms with Gasteiger partial charge in [0.05, 0.1) is 27.5 Å². The standard InChI is InChI=1S/C23H20ClFN2O5S/c24-20-14-17(25)6-7-19(20)22(28)26-9-11-27(12-10-26)23(29)21-16(8-13-32-21)15-33(30,31)18-4-2-1-3-5-18/h1-8,13-14H,9-12,15H2. The maximum absolute atomic E-state index is 13.3. The zero-order valence-corrected chi connectivity index (χ0v) is 19.0. The van der Waals surface area contributed by atoms with E-state index >= 15 is 0 Å². The lowest BCUT2D eigenvalue weighted by molar-refractivity contribution is 0.0517. The topological polar surface area (TPSA) is 87.9 Å². The third kappa shape index (κ3) is 4.94. The number of nitrogens with zero attached hydrogens (tertiary/aromatic N) is 2. The lowest BCUT2D eigenvalue weighted by Crippen LogP contribution is -2.50. The number of carbonyl (C=O) groups is 2. The first-order valence-corrected chi connectivity index (χ1v) is 12.2. The van der Waals surface area contributed by atoms with Crippen molar-refractivity contribution < 1.29 is 26.8 Å². The van der Waals surface area contributed by atoms with Crippen molar-refractivity contribution in [2.24, 2.45) is 0 Å². The van der Waals surface area contributed by atoms with Crippen LogP contribution in [-0.4, -0.2) is 56.2 Å². The molecule has 1 fully saturated rings. The normalized spacial score (nSPS) is 14.4. The van der Waals surface area contributed by atoms with Gasteiger partial charge in [-0.15, -0.1) is 0 Å². The zero-order chi connectivity index (χ0) is 23.6. The molecule has 0 unspecified atom stereocenters. The van der Waals surface area contributed by atoms with Gasteiger partial charge in [0.2, 0.25) is 0 Å². The molecule has 3 aromatic rings. The predicted molar refractivity (Wildman–Crippen MR) is 119 cm³/mol. The van der Waals surface area contributed by atoms with Gasteiger partial charge in [-0.2, -0.15) is 0 Å². The van der Waals surface area contributed by atoms with Crippen LogP contribution in [0.1, 0.15) is 26.5 Å². The quantitative estimate of drug-likeness (QED) is 0.545. The SMILES string of the molecule is O=C(c1ccc(F)cc1Cl)N1CCN(C(=O)c2occc2CS(=O)(=O)c2ccccc2)CC1. The average Bonchev–Trinajstić information content (AvgIpc) is 3.26. The monoisotopic (exact) mass is 490 g/mol. The molecular weight excluding hydrogens is 471 g/mol. The molecule has 7 nitrogen and oxygen atoms in total. The number of halogens is 2. The minimum Gasteiger partial charge on any atom is -0.459 e. The molecule has 1 aromatic heterocycles. The van der Waals surface area contributed by atoms with Crippen molar-refractivity contribution in [2.75, 3.05) is 26.2 Å². The van der Waals surface area contributed by atoms with E-state index in [-0.39, 0.29) is 64.6 Å². The first-order chi connectivity index (χ1) is 15.8. The highest BCUT2D eigenvalue weighted by Crippen LogP contribution is 2.23. The Hall–Kier alpha value is -3.17. The van der Waals surface area contributed by atoms with Crippen LogP contribution in [0.2, 0.25) is 5.02 Å². The average molecular weight is 491 g/mol. The van der Waals surface area contributed by atoms with Gasteiger partial charge in [-0.05, 0) is 36.4 Å². The van der Waals surface area contributed by atoms with Crippen molar-refractivity contribution in [3.63, 3.8) is 0 Å². The molecule has 1 aliphatic rings. The molecule has 2 amide bonds. The second-order valence-electron chi connectivity index (χ2n) is 7.56. The maximum atomic E-state index is 13.3. The van der Waals surface area contributed by atoms with E-state index in [1.165, 1.54) is 46.4 Å². The van der Waals surface area contributed by atoms with Gasteiger partial charge in [0.15, 0.2) is 15.6 Å². The van der Waals surface area contributed by atoms with Gasteiger partial charge in [0.1, 0.15) is 5.82 Å². The molecule has 0 aliphatic carbocycles. The maximum Gasteiger partial charge on any atom is 0.289 e. The number of sulfone groups is 1. The Morgan fingerprint density at radius 1 is 0.939 bits per heavy atom. The number of rotatable bonds is 5. The molecule has 33 heavy (non-hydrogen) atoms. The Kier molecular flexibility index (Phi) is 6.53. The van der Waals surface area contributed by atoms with Gasteiger partial charge in [0.25, 0.3) is 11.8 Å². The van der Waals surface area contributed by atoms with Gasteiger partial charge in [-0.3, -0.25) is 9.59 Å². The van der Waals surface area contributed by atoms with Crippen LogP contribution in [-0.2, 0) is 15.6 Å². The molecule has 172 valence electrons. The number of piperazine rings is 1. The summed E-state index contributed by atoms with van der Waals surface area (Å²) in [6.45, 7) is 0.956. The third-order valence-electron chi connectivity index (χ3n) is 5.40. The molecule has 1 saturated heterocycles. The van der Waals surface area contributed by atoms with E-state index in [0.717, 1.165) is 6.07 Å². The second-order valence-corrected chi connectivity index (χ2v) is 9.95. The summed E-state index contributed by atoms with van der Waals surface area (Å²) in [4.78, 5) is 28.9.